The Morgan fingerprint density at radius 2 is 0.696 bits per heavy atom. The lowest BCUT2D eigenvalue weighted by molar-refractivity contribution is -0.0503. The third-order valence-corrected chi connectivity index (χ3v) is 17.2. The largest absolute Gasteiger partial charge is 0.497 e. The molecule has 18 rings (SSSR count). The van der Waals surface area contributed by atoms with Gasteiger partial charge in [0.25, 0.3) is 0 Å². The van der Waals surface area contributed by atoms with Gasteiger partial charge in [0.15, 0.2) is 11.5 Å². The number of hydrogen-bond acceptors (Lipinski definition) is 12. The van der Waals surface area contributed by atoms with Crippen molar-refractivity contribution in [1.29, 1.82) is 0 Å². The van der Waals surface area contributed by atoms with E-state index in [1.54, 1.807) is 52.4 Å². The van der Waals surface area contributed by atoms with Gasteiger partial charge in [0.2, 0.25) is 0 Å². The molecule has 468 valence electrons. The summed E-state index contributed by atoms with van der Waals surface area (Å²) in [6.07, 6.45) is 17.7. The van der Waals surface area contributed by atoms with Crippen molar-refractivity contribution in [3.05, 3.63) is 213 Å². The van der Waals surface area contributed by atoms with Gasteiger partial charge in [0.1, 0.15) is 23.0 Å². The van der Waals surface area contributed by atoms with Gasteiger partial charge >= 0.3 is 6.61 Å². The molecule has 0 amide bonds. The van der Waals surface area contributed by atoms with Crippen molar-refractivity contribution in [3.8, 4) is 102 Å². The number of benzene rings is 6. The average molecular weight is 1240 g/mol. The number of nitrogens with zero attached hydrogens (tertiary/aromatic N) is 12. The highest BCUT2D eigenvalue weighted by Crippen LogP contribution is 2.46. The summed E-state index contributed by atoms with van der Waals surface area (Å²) in [5, 5.41) is 26.7. The first-order valence-corrected chi connectivity index (χ1v) is 30.1. The fourth-order valence-electron chi connectivity index (χ4n) is 13.3. The lowest BCUT2D eigenvalue weighted by Crippen LogP contribution is -2.04. The van der Waals surface area contributed by atoms with Crippen LogP contribution >= 0.6 is 0 Å². The standard InChI is InChI=1S/C13H14N2O2.C12H10F2N2O.3C12H12N2O.C11H10N2/c1-15-7-8-6-10-9(12(8)14-15)4-5-11(16-2)13(10)17-3;1-16-6-7-5-9-8(11(7)15-16)3-2-4-10(9)17-12(13)14;1-14-7-9-5-8-6-10(15-2)3-4-11(8)12(9)13-14;1-14-7-9-5-8-3-4-10(15-2)6-11(8)12(9)13-14;1-14-7-8-6-10-9(12(8)13-14)4-3-5-11(10)15-2;1-13-7-9-6-8-4-2-3-5-10(8)11(9)12-13/h4-5,7H,6H2,1-3H3;2-4,6,12H,5H2,1H3;2*3-4,6-7H,5H2,1-2H3;3-5,7H,6H2,1-2H3;2-5,7H,6H2,1H3. The van der Waals surface area contributed by atoms with Gasteiger partial charge in [0.05, 0.1) is 69.7 Å². The van der Waals surface area contributed by atoms with Crippen LogP contribution in [0.25, 0.3) is 67.5 Å². The number of aromatic nitrogens is 12. The zero-order valence-corrected chi connectivity index (χ0v) is 53.2. The fraction of sp³-hybridized carbons (Fsp3) is 0.250. The van der Waals surface area contributed by atoms with Crippen LogP contribution in [-0.2, 0) is 80.8 Å². The van der Waals surface area contributed by atoms with Crippen molar-refractivity contribution < 1.29 is 37.2 Å². The third-order valence-electron chi connectivity index (χ3n) is 17.2. The molecule has 0 atom stereocenters. The van der Waals surface area contributed by atoms with Crippen LogP contribution in [0.5, 0.6) is 34.5 Å². The Morgan fingerprint density at radius 3 is 1.20 bits per heavy atom. The van der Waals surface area contributed by atoms with Crippen molar-refractivity contribution in [2.75, 3.05) is 35.5 Å². The van der Waals surface area contributed by atoms with Crippen molar-refractivity contribution in [2.45, 2.75) is 45.1 Å². The van der Waals surface area contributed by atoms with Crippen molar-refractivity contribution >= 4 is 0 Å². The van der Waals surface area contributed by atoms with E-state index in [9.17, 15) is 8.78 Å². The second kappa shape index (κ2) is 24.9. The molecule has 18 nitrogen and oxygen atoms in total. The Morgan fingerprint density at radius 1 is 0.315 bits per heavy atom. The smallest absolute Gasteiger partial charge is 0.387 e. The molecule has 0 aliphatic heterocycles. The summed E-state index contributed by atoms with van der Waals surface area (Å²) >= 11 is 0. The average Bonchev–Trinajstić information content (AvgIpc) is 1.76. The van der Waals surface area contributed by atoms with E-state index < -0.39 is 6.61 Å². The molecule has 6 aliphatic carbocycles. The van der Waals surface area contributed by atoms with E-state index in [4.69, 9.17) is 23.7 Å². The summed E-state index contributed by atoms with van der Waals surface area (Å²) in [6, 6.07) is 36.1. The maximum absolute atomic E-state index is 12.3. The minimum absolute atomic E-state index is 0.248. The van der Waals surface area contributed by atoms with Crippen molar-refractivity contribution in [3.63, 3.8) is 0 Å². The molecule has 6 aliphatic rings. The third kappa shape index (κ3) is 11.5. The molecular weight excluding hydrogens is 1170 g/mol. The molecule has 92 heavy (non-hydrogen) atoms. The Bertz CT molecular complexity index is 4740. The van der Waals surface area contributed by atoms with Crippen molar-refractivity contribution in [2.24, 2.45) is 42.3 Å². The molecule has 0 spiro atoms. The quantitative estimate of drug-likeness (QED) is 0.149. The fourth-order valence-corrected chi connectivity index (χ4v) is 13.3. The lowest BCUT2D eigenvalue weighted by atomic mass is 10.1. The predicted molar refractivity (Wildman–Crippen MR) is 348 cm³/mol. The summed E-state index contributed by atoms with van der Waals surface area (Å²) in [6.45, 7) is -2.79. The molecule has 0 N–H and O–H groups in total. The van der Waals surface area contributed by atoms with Gasteiger partial charge in [-0.3, -0.25) is 28.1 Å². The molecule has 0 saturated heterocycles. The number of fused-ring (bicyclic) bond motifs is 18. The minimum atomic E-state index is -2.79. The van der Waals surface area contributed by atoms with E-state index in [-0.39, 0.29) is 5.75 Å². The van der Waals surface area contributed by atoms with Crippen molar-refractivity contribution in [1.82, 2.24) is 58.7 Å². The van der Waals surface area contributed by atoms with Gasteiger partial charge in [-0.15, -0.1) is 0 Å². The molecule has 12 aromatic rings. The zero-order valence-electron chi connectivity index (χ0n) is 53.2. The summed E-state index contributed by atoms with van der Waals surface area (Å²) in [5.41, 5.74) is 28.3. The zero-order chi connectivity index (χ0) is 64.1. The highest BCUT2D eigenvalue weighted by molar-refractivity contribution is 5.80. The maximum Gasteiger partial charge on any atom is 0.387 e. The molecule has 0 bridgehead atoms. The predicted octanol–water partition coefficient (Wildman–Crippen LogP) is 12.6. The highest BCUT2D eigenvalue weighted by Gasteiger charge is 2.30. The van der Waals surface area contributed by atoms with Crippen LogP contribution in [0.2, 0.25) is 0 Å². The van der Waals surface area contributed by atoms with E-state index in [1.165, 1.54) is 77.9 Å². The van der Waals surface area contributed by atoms with Gasteiger partial charge in [0, 0.05) is 201 Å². The number of methoxy groups -OCH3 is 5. The van der Waals surface area contributed by atoms with E-state index >= 15 is 0 Å². The van der Waals surface area contributed by atoms with E-state index in [2.05, 4.69) is 127 Å². The monoisotopic (exact) mass is 1240 g/mol. The Balaban J connectivity index is 0.000000101. The summed E-state index contributed by atoms with van der Waals surface area (Å²) in [5.74, 6) is 4.63. The summed E-state index contributed by atoms with van der Waals surface area (Å²) in [4.78, 5) is 0. The number of rotatable bonds is 7. The van der Waals surface area contributed by atoms with Gasteiger partial charge in [-0.1, -0.05) is 54.6 Å². The number of aryl methyl sites for hydroxylation is 6. The van der Waals surface area contributed by atoms with Crippen LogP contribution in [0.3, 0.4) is 0 Å². The summed E-state index contributed by atoms with van der Waals surface area (Å²) < 4.78 is 66.7. The van der Waals surface area contributed by atoms with Crippen LogP contribution < -0.4 is 28.4 Å². The first-order chi connectivity index (χ1) is 44.6. The number of halogens is 2. The van der Waals surface area contributed by atoms with Gasteiger partial charge in [-0.2, -0.15) is 39.4 Å². The molecule has 0 saturated carbocycles. The van der Waals surface area contributed by atoms with Gasteiger partial charge < -0.3 is 28.4 Å². The molecule has 0 unspecified atom stereocenters. The maximum atomic E-state index is 12.3. The van der Waals surface area contributed by atoms with E-state index in [1.807, 2.05) is 108 Å². The van der Waals surface area contributed by atoms with E-state index in [0.29, 0.717) is 6.42 Å². The normalized spacial score (nSPS) is 12.5. The molecule has 0 radical (unpaired) electrons. The minimum Gasteiger partial charge on any atom is -0.497 e. The second-order valence-corrected chi connectivity index (χ2v) is 23.3. The molecule has 6 aromatic carbocycles. The topological polar surface area (TPSA) is 162 Å². The summed E-state index contributed by atoms with van der Waals surface area (Å²) in [7, 11) is 20.1. The highest BCUT2D eigenvalue weighted by atomic mass is 19.3. The first kappa shape index (κ1) is 60.2. The number of ether oxygens (including phenoxy) is 6. The van der Waals surface area contributed by atoms with Crippen LogP contribution in [-0.4, -0.2) is 101 Å². The molecule has 6 aromatic heterocycles. The van der Waals surface area contributed by atoms with Gasteiger partial charge in [-0.05, 0) is 71.3 Å². The van der Waals surface area contributed by atoms with Crippen LogP contribution in [0, 0.1) is 0 Å². The number of alkyl halides is 2. The van der Waals surface area contributed by atoms with Gasteiger partial charge in [-0.25, -0.2) is 0 Å². The van der Waals surface area contributed by atoms with Crippen LogP contribution in [0.1, 0.15) is 66.8 Å². The SMILES string of the molecule is COc1ccc2c(c1)-c1nn(C)cc1C2.COc1ccc2c(c1)Cc1cn(C)nc1-2.COc1ccc2c(c1OC)Cc1cn(C)nc1-2.COc1cccc2c1Cc1cn(C)nc1-2.Cn1cc2c(n1)-c1cccc(OC(F)F)c1C2.Cn1cc2c(n1)-c1ccccc1C2. The molecular formula is C72H70F2N12O6. The van der Waals surface area contributed by atoms with Crippen LogP contribution in [0.4, 0.5) is 8.78 Å². The molecule has 6 heterocycles. The van der Waals surface area contributed by atoms with Crippen LogP contribution in [0.15, 0.2) is 146 Å². The second-order valence-electron chi connectivity index (χ2n) is 23.3. The Labute approximate surface area is 531 Å². The molecule has 0 fully saturated rings. The first-order valence-electron chi connectivity index (χ1n) is 30.1. The number of hydrogen-bond donors (Lipinski definition) is 0. The lowest BCUT2D eigenvalue weighted by Gasteiger charge is -2.11. The Kier molecular flexibility index (Phi) is 16.3. The van der Waals surface area contributed by atoms with E-state index in [0.717, 1.165) is 117 Å². The Hall–Kier alpha value is -10.8. The molecule has 20 heteroatoms.